The summed E-state index contributed by atoms with van der Waals surface area (Å²) in [4.78, 5) is 0. The monoisotopic (exact) mass is 738 g/mol. The summed E-state index contributed by atoms with van der Waals surface area (Å²) >= 11 is 0. The van der Waals surface area contributed by atoms with Crippen molar-refractivity contribution >= 4 is 0 Å². The van der Waals surface area contributed by atoms with E-state index in [1.165, 1.54) is 25.7 Å². The van der Waals surface area contributed by atoms with Crippen molar-refractivity contribution in [3.8, 4) is 0 Å². The summed E-state index contributed by atoms with van der Waals surface area (Å²) in [6.45, 7) is 0.835. The van der Waals surface area contributed by atoms with Crippen LogP contribution in [0.15, 0.2) is 12.3 Å². The van der Waals surface area contributed by atoms with Crippen molar-refractivity contribution in [2.75, 3.05) is 20.3 Å². The molecule has 0 bridgehead atoms. The van der Waals surface area contributed by atoms with Gasteiger partial charge < -0.3 is 62.7 Å². The molecule has 52 heavy (non-hydrogen) atoms. The summed E-state index contributed by atoms with van der Waals surface area (Å²) in [7, 11) is 1.61. The summed E-state index contributed by atoms with van der Waals surface area (Å²) in [5.41, 5.74) is 0. The zero-order chi connectivity index (χ0) is 35.8. The molecule has 4 spiro atoms. The van der Waals surface area contributed by atoms with E-state index in [0.29, 0.717) is 13.2 Å². The Morgan fingerprint density at radius 2 is 1.10 bits per heavy atom. The van der Waals surface area contributed by atoms with Gasteiger partial charge in [0.25, 0.3) is 0 Å². The van der Waals surface area contributed by atoms with Gasteiger partial charge in [0, 0.05) is 51.4 Å². The van der Waals surface area contributed by atoms with Gasteiger partial charge in [-0.15, -0.1) is 0 Å². The fraction of sp³-hybridized carbons (Fsp3) is 0.949. The summed E-state index contributed by atoms with van der Waals surface area (Å²) < 4.78 is 60.6. The molecule has 9 rings (SSSR count). The van der Waals surface area contributed by atoms with Crippen LogP contribution in [0.2, 0.25) is 0 Å². The highest BCUT2D eigenvalue weighted by molar-refractivity contribution is 5.04. The van der Waals surface area contributed by atoms with Gasteiger partial charge in [-0.25, -0.2) is 0 Å². The molecule has 3 N–H and O–H groups in total. The van der Waals surface area contributed by atoms with E-state index in [9.17, 15) is 15.3 Å². The summed E-state index contributed by atoms with van der Waals surface area (Å²) in [5.74, 6) is -2.23. The van der Waals surface area contributed by atoms with E-state index >= 15 is 0 Å². The van der Waals surface area contributed by atoms with Crippen molar-refractivity contribution in [3.63, 3.8) is 0 Å². The second-order valence-electron chi connectivity index (χ2n) is 16.7. The Morgan fingerprint density at radius 3 is 1.69 bits per heavy atom. The van der Waals surface area contributed by atoms with Crippen molar-refractivity contribution in [2.45, 2.75) is 213 Å². The predicted octanol–water partition coefficient (Wildman–Crippen LogP) is 4.61. The van der Waals surface area contributed by atoms with Crippen molar-refractivity contribution in [1.29, 1.82) is 0 Å². The first-order valence-electron chi connectivity index (χ1n) is 20.5. The molecule has 0 amide bonds. The van der Waals surface area contributed by atoms with Gasteiger partial charge in [-0.3, -0.25) is 0 Å². The molecule has 5 saturated heterocycles. The van der Waals surface area contributed by atoms with Crippen LogP contribution in [-0.4, -0.2) is 120 Å². The van der Waals surface area contributed by atoms with Crippen molar-refractivity contribution in [3.05, 3.63) is 12.3 Å². The van der Waals surface area contributed by atoms with E-state index in [4.69, 9.17) is 47.4 Å². The summed E-state index contributed by atoms with van der Waals surface area (Å²) in [5, 5.41) is 31.7. The third-order valence-electron chi connectivity index (χ3n) is 13.0. The molecule has 0 aromatic carbocycles. The minimum absolute atomic E-state index is 0.315. The minimum Gasteiger partial charge on any atom is -0.505 e. The van der Waals surface area contributed by atoms with Crippen LogP contribution in [0.1, 0.15) is 128 Å². The van der Waals surface area contributed by atoms with Crippen molar-refractivity contribution in [2.24, 2.45) is 0 Å². The molecule has 0 aromatic heterocycles. The van der Waals surface area contributed by atoms with Crippen LogP contribution in [0.4, 0.5) is 0 Å². The molecule has 4 saturated carbocycles. The molecule has 13 nitrogen and oxygen atoms in total. The van der Waals surface area contributed by atoms with Crippen molar-refractivity contribution < 1.29 is 62.7 Å². The van der Waals surface area contributed by atoms with Gasteiger partial charge in [0.2, 0.25) is 0 Å². The van der Waals surface area contributed by atoms with Crippen LogP contribution >= 0.6 is 0 Å². The molecule has 4 aliphatic carbocycles. The van der Waals surface area contributed by atoms with Crippen LogP contribution < -0.4 is 0 Å². The van der Waals surface area contributed by atoms with Crippen LogP contribution in [-0.2, 0) is 47.4 Å². The Kier molecular flexibility index (Phi) is 11.6. The third kappa shape index (κ3) is 7.73. The quantitative estimate of drug-likeness (QED) is 0.337. The molecule has 4 unspecified atom stereocenters. The second-order valence-corrected chi connectivity index (χ2v) is 16.7. The standard InChI is InChI=1S/C20H32O6.C19H30O7/c1-22-13-8-15-18(26-20(24-15)11-6-3-7-12-20)17(21)16-14-23-19(25-16)9-4-2-5-10-19;20-13-15-16(26-19(25-15)9-5-2-6-10-19)14(23-17(13)21)12-11-22-18(24-12)7-3-1-4-8-18/h8,13,15-18,21H,2-7,9-12,14H2,1H3;12-17,20-21H,1-11H2/t15-,16?,17-,18?;12?,13-,14+,15+,16?,17-/m01/s1. The Hall–Kier alpha value is -0.940. The van der Waals surface area contributed by atoms with Gasteiger partial charge in [0.15, 0.2) is 29.4 Å². The molecule has 13 heteroatoms. The number of ether oxygens (including phenoxy) is 10. The normalized spacial score (nSPS) is 42.4. The molecule has 0 aromatic rings. The van der Waals surface area contributed by atoms with E-state index in [2.05, 4.69) is 0 Å². The maximum Gasteiger partial charge on any atom is 0.184 e. The van der Waals surface area contributed by atoms with E-state index in [1.54, 1.807) is 13.4 Å². The summed E-state index contributed by atoms with van der Waals surface area (Å²) in [6.07, 6.45) is 17.8. The van der Waals surface area contributed by atoms with Crippen LogP contribution in [0, 0.1) is 0 Å². The molecular weight excluding hydrogens is 676 g/mol. The molecule has 5 aliphatic heterocycles. The van der Waals surface area contributed by atoms with Crippen LogP contribution in [0.5, 0.6) is 0 Å². The van der Waals surface area contributed by atoms with Crippen LogP contribution in [0.3, 0.4) is 0 Å². The first-order chi connectivity index (χ1) is 25.3. The lowest BCUT2D eigenvalue weighted by atomic mass is 9.93. The Bertz CT molecular complexity index is 1190. The summed E-state index contributed by atoms with van der Waals surface area (Å²) in [6, 6.07) is 0. The Morgan fingerprint density at radius 1 is 0.577 bits per heavy atom. The lowest BCUT2D eigenvalue weighted by Gasteiger charge is -2.40. The predicted molar refractivity (Wildman–Crippen MR) is 183 cm³/mol. The molecule has 296 valence electrons. The average molecular weight is 739 g/mol. The topological polar surface area (TPSA) is 153 Å². The molecule has 9 fully saturated rings. The smallest absolute Gasteiger partial charge is 0.184 e. The van der Waals surface area contributed by atoms with Crippen molar-refractivity contribution in [1.82, 2.24) is 0 Å². The number of hydrogen-bond donors (Lipinski definition) is 3. The van der Waals surface area contributed by atoms with E-state index in [-0.39, 0.29) is 18.3 Å². The molecule has 5 heterocycles. The van der Waals surface area contributed by atoms with E-state index in [1.807, 2.05) is 6.08 Å². The van der Waals surface area contributed by atoms with Gasteiger partial charge in [-0.1, -0.05) is 25.7 Å². The minimum atomic E-state index is -1.30. The molecule has 10 atom stereocenters. The highest BCUT2D eigenvalue weighted by Gasteiger charge is 2.61. The first kappa shape index (κ1) is 38.0. The zero-order valence-electron chi connectivity index (χ0n) is 30.9. The van der Waals surface area contributed by atoms with Gasteiger partial charge in [-0.2, -0.15) is 0 Å². The lowest BCUT2D eigenvalue weighted by molar-refractivity contribution is -0.284. The van der Waals surface area contributed by atoms with Gasteiger partial charge >= 0.3 is 0 Å². The Labute approximate surface area is 307 Å². The maximum absolute atomic E-state index is 11.1. The molecular formula is C39H62O13. The number of aliphatic hydroxyl groups is 3. The number of rotatable bonds is 5. The highest BCUT2D eigenvalue weighted by atomic mass is 16.8. The third-order valence-corrected chi connectivity index (χ3v) is 13.0. The fourth-order valence-electron chi connectivity index (χ4n) is 10.2. The molecule has 0 radical (unpaired) electrons. The average Bonchev–Trinajstić information content (AvgIpc) is 3.95. The number of hydrogen-bond acceptors (Lipinski definition) is 13. The number of methoxy groups -OCH3 is 1. The lowest BCUT2D eigenvalue weighted by Crippen LogP contribution is -2.60. The second kappa shape index (κ2) is 15.9. The van der Waals surface area contributed by atoms with E-state index < -0.39 is 66.1 Å². The van der Waals surface area contributed by atoms with Gasteiger partial charge in [0.05, 0.1) is 26.6 Å². The number of aliphatic hydroxyl groups excluding tert-OH is 3. The fourth-order valence-corrected chi connectivity index (χ4v) is 10.2. The zero-order valence-corrected chi connectivity index (χ0v) is 30.9. The van der Waals surface area contributed by atoms with Gasteiger partial charge in [-0.05, 0) is 57.4 Å². The largest absolute Gasteiger partial charge is 0.505 e. The molecule has 9 aliphatic rings. The van der Waals surface area contributed by atoms with Crippen LogP contribution in [0.25, 0.3) is 0 Å². The van der Waals surface area contributed by atoms with E-state index in [0.717, 1.165) is 103 Å². The Balaban J connectivity index is 0.000000149. The maximum atomic E-state index is 11.1. The number of fused-ring (bicyclic) bond motifs is 1. The first-order valence-corrected chi connectivity index (χ1v) is 20.5. The van der Waals surface area contributed by atoms with Gasteiger partial charge in [0.1, 0.15) is 54.9 Å². The SMILES string of the molecule is COC=C[C@@H]1OC2(CCCCC2)OC1[C@@H](O)C1COC2(CCCCC2)O1.O[C@H]1[C@H](O)O[C@@H](C2COC3(CCCCC3)O2)C2OC3(CCCCC3)O[C@H]21. The highest BCUT2D eigenvalue weighted by Crippen LogP contribution is 2.48.